The number of nitrogens with one attached hydrogen (secondary N) is 2. The number of carbonyl (C=O) groups is 1. The van der Waals surface area contributed by atoms with Gasteiger partial charge in [-0.2, -0.15) is 0 Å². The summed E-state index contributed by atoms with van der Waals surface area (Å²) in [6.07, 6.45) is 2.23. The number of hydrogen-bond donors (Lipinski definition) is 2. The Morgan fingerprint density at radius 2 is 2.04 bits per heavy atom. The van der Waals surface area contributed by atoms with Crippen molar-refractivity contribution in [2.24, 2.45) is 0 Å². The van der Waals surface area contributed by atoms with Crippen LogP contribution in [0, 0.1) is 0 Å². The summed E-state index contributed by atoms with van der Waals surface area (Å²) >= 11 is 7.68. The van der Waals surface area contributed by atoms with E-state index in [9.17, 15) is 4.79 Å². The summed E-state index contributed by atoms with van der Waals surface area (Å²) in [5, 5.41) is 17.6. The number of hydrogen-bond acceptors (Lipinski definition) is 8. The Bertz CT molecular complexity index is 881. The SMILES string of the molecule is CCCCNc1nnc(SCC(=O)Nc2nc(-c3ccc(Br)cc3)cs2)s1. The average molecular weight is 484 g/mol. The van der Waals surface area contributed by atoms with E-state index in [1.165, 1.54) is 34.4 Å². The van der Waals surface area contributed by atoms with Gasteiger partial charge in [-0.3, -0.25) is 4.79 Å². The zero-order chi connectivity index (χ0) is 19.1. The molecular formula is C17H18BrN5OS3. The molecule has 1 amide bonds. The molecule has 142 valence electrons. The third-order valence-corrected chi connectivity index (χ3v) is 6.73. The summed E-state index contributed by atoms with van der Waals surface area (Å²) in [4.78, 5) is 16.6. The fourth-order valence-electron chi connectivity index (χ4n) is 2.08. The summed E-state index contributed by atoms with van der Waals surface area (Å²) < 4.78 is 1.80. The third-order valence-electron chi connectivity index (χ3n) is 3.43. The summed E-state index contributed by atoms with van der Waals surface area (Å²) in [5.74, 6) is 0.170. The molecule has 0 unspecified atom stereocenters. The monoisotopic (exact) mass is 483 g/mol. The van der Waals surface area contributed by atoms with Gasteiger partial charge in [0.05, 0.1) is 11.4 Å². The van der Waals surface area contributed by atoms with E-state index in [-0.39, 0.29) is 11.7 Å². The van der Waals surface area contributed by atoms with Crippen LogP contribution < -0.4 is 10.6 Å². The van der Waals surface area contributed by atoms with Crippen LogP contribution in [0.1, 0.15) is 19.8 Å². The molecule has 1 aromatic carbocycles. The number of amides is 1. The van der Waals surface area contributed by atoms with E-state index in [0.717, 1.165) is 44.6 Å². The quantitative estimate of drug-likeness (QED) is 0.314. The maximum Gasteiger partial charge on any atom is 0.236 e. The Hall–Kier alpha value is -1.49. The second-order valence-electron chi connectivity index (χ2n) is 5.54. The van der Waals surface area contributed by atoms with Crippen LogP contribution in [-0.2, 0) is 4.79 Å². The topological polar surface area (TPSA) is 79.8 Å². The highest BCUT2D eigenvalue weighted by molar-refractivity contribution is 9.10. The fraction of sp³-hybridized carbons (Fsp3) is 0.294. The van der Waals surface area contributed by atoms with Crippen LogP contribution in [0.5, 0.6) is 0 Å². The second-order valence-corrected chi connectivity index (χ2v) is 9.51. The van der Waals surface area contributed by atoms with Gasteiger partial charge in [-0.1, -0.05) is 64.5 Å². The van der Waals surface area contributed by atoms with Crippen molar-refractivity contribution in [1.29, 1.82) is 0 Å². The van der Waals surface area contributed by atoms with Crippen molar-refractivity contribution in [2.75, 3.05) is 22.9 Å². The first-order valence-corrected chi connectivity index (χ1v) is 11.8. The number of aromatic nitrogens is 3. The molecule has 2 heterocycles. The minimum Gasteiger partial charge on any atom is -0.360 e. The molecule has 0 atom stereocenters. The Labute approximate surface area is 178 Å². The molecule has 0 aliphatic heterocycles. The van der Waals surface area contributed by atoms with Gasteiger partial charge in [-0.25, -0.2) is 4.98 Å². The summed E-state index contributed by atoms with van der Waals surface area (Å²) in [6, 6.07) is 7.92. The van der Waals surface area contributed by atoms with Crippen molar-refractivity contribution >= 4 is 66.5 Å². The predicted octanol–water partition coefficient (Wildman–Crippen LogP) is 5.37. The van der Waals surface area contributed by atoms with E-state index in [0.29, 0.717) is 5.13 Å². The molecule has 0 bridgehead atoms. The maximum absolute atomic E-state index is 12.2. The zero-order valence-corrected chi connectivity index (χ0v) is 18.6. The molecule has 3 rings (SSSR count). The number of nitrogens with zero attached hydrogens (tertiary/aromatic N) is 3. The molecule has 2 N–H and O–H groups in total. The van der Waals surface area contributed by atoms with Gasteiger partial charge in [0.1, 0.15) is 0 Å². The van der Waals surface area contributed by atoms with Gasteiger partial charge < -0.3 is 10.6 Å². The lowest BCUT2D eigenvalue weighted by Crippen LogP contribution is -2.13. The third kappa shape index (κ3) is 6.27. The first-order chi connectivity index (χ1) is 13.1. The summed E-state index contributed by atoms with van der Waals surface area (Å²) in [7, 11) is 0. The lowest BCUT2D eigenvalue weighted by atomic mass is 10.2. The first-order valence-electron chi connectivity index (χ1n) is 8.35. The van der Waals surface area contributed by atoms with E-state index < -0.39 is 0 Å². The fourth-order valence-corrected chi connectivity index (χ4v) is 4.66. The normalized spacial score (nSPS) is 10.7. The number of anilines is 2. The molecule has 0 saturated heterocycles. The minimum absolute atomic E-state index is 0.104. The van der Waals surface area contributed by atoms with Crippen LogP contribution >= 0.6 is 50.4 Å². The smallest absolute Gasteiger partial charge is 0.236 e. The Balaban J connectivity index is 1.48. The van der Waals surface area contributed by atoms with Crippen LogP contribution in [0.3, 0.4) is 0 Å². The molecule has 0 aliphatic carbocycles. The average Bonchev–Trinajstić information content (AvgIpc) is 3.31. The van der Waals surface area contributed by atoms with Crippen molar-refractivity contribution in [2.45, 2.75) is 24.1 Å². The molecule has 0 fully saturated rings. The van der Waals surface area contributed by atoms with Crippen LogP contribution in [0.15, 0.2) is 38.5 Å². The highest BCUT2D eigenvalue weighted by atomic mass is 79.9. The highest BCUT2D eigenvalue weighted by Gasteiger charge is 2.11. The van der Waals surface area contributed by atoms with Gasteiger partial charge in [-0.15, -0.1) is 21.5 Å². The molecule has 27 heavy (non-hydrogen) atoms. The second kappa shape index (κ2) is 10.2. The Morgan fingerprint density at radius 3 is 2.81 bits per heavy atom. The van der Waals surface area contributed by atoms with Crippen LogP contribution in [-0.4, -0.2) is 33.4 Å². The molecule has 2 aromatic heterocycles. The van der Waals surface area contributed by atoms with Gasteiger partial charge in [0, 0.05) is 22.0 Å². The van der Waals surface area contributed by atoms with E-state index in [1.54, 1.807) is 0 Å². The maximum atomic E-state index is 12.2. The molecule has 0 saturated carbocycles. The van der Waals surface area contributed by atoms with E-state index in [2.05, 4.69) is 48.7 Å². The number of unbranched alkanes of at least 4 members (excludes halogenated alkanes) is 1. The van der Waals surface area contributed by atoms with Crippen molar-refractivity contribution in [3.8, 4) is 11.3 Å². The largest absolute Gasteiger partial charge is 0.360 e. The van der Waals surface area contributed by atoms with Gasteiger partial charge in [0.15, 0.2) is 9.47 Å². The van der Waals surface area contributed by atoms with E-state index >= 15 is 0 Å². The molecule has 3 aromatic rings. The van der Waals surface area contributed by atoms with Crippen molar-refractivity contribution in [1.82, 2.24) is 15.2 Å². The minimum atomic E-state index is -0.104. The predicted molar refractivity (Wildman–Crippen MR) is 118 cm³/mol. The van der Waals surface area contributed by atoms with Crippen LogP contribution in [0.25, 0.3) is 11.3 Å². The van der Waals surface area contributed by atoms with Crippen molar-refractivity contribution < 1.29 is 4.79 Å². The standard InChI is InChI=1S/C17H18BrN5OS3/c1-2-3-8-19-15-22-23-17(27-15)26-10-14(24)21-16-20-13(9-25-16)11-4-6-12(18)7-5-11/h4-7,9H,2-3,8,10H2,1H3,(H,19,22)(H,20,21,24). The molecule has 0 aliphatic rings. The van der Waals surface area contributed by atoms with E-state index in [1.807, 2.05) is 29.6 Å². The van der Waals surface area contributed by atoms with Crippen LogP contribution in [0.4, 0.5) is 10.3 Å². The molecule has 0 spiro atoms. The van der Waals surface area contributed by atoms with Gasteiger partial charge in [0.2, 0.25) is 11.0 Å². The number of thiazole rings is 1. The van der Waals surface area contributed by atoms with Crippen LogP contribution in [0.2, 0.25) is 0 Å². The number of halogens is 1. The molecular weight excluding hydrogens is 466 g/mol. The van der Waals surface area contributed by atoms with Crippen molar-refractivity contribution in [3.63, 3.8) is 0 Å². The summed E-state index contributed by atoms with van der Waals surface area (Å²) in [5.41, 5.74) is 1.86. The molecule has 10 heteroatoms. The summed E-state index contributed by atoms with van der Waals surface area (Å²) in [6.45, 7) is 3.03. The first kappa shape index (κ1) is 20.2. The Kier molecular flexibility index (Phi) is 7.62. The number of thioether (sulfide) groups is 1. The van der Waals surface area contributed by atoms with E-state index in [4.69, 9.17) is 0 Å². The van der Waals surface area contributed by atoms with Gasteiger partial charge >= 0.3 is 0 Å². The number of benzene rings is 1. The molecule has 6 nitrogen and oxygen atoms in total. The molecule has 0 radical (unpaired) electrons. The van der Waals surface area contributed by atoms with Crippen molar-refractivity contribution in [3.05, 3.63) is 34.1 Å². The lowest BCUT2D eigenvalue weighted by molar-refractivity contribution is -0.113. The number of rotatable bonds is 9. The van der Waals surface area contributed by atoms with Gasteiger partial charge in [-0.05, 0) is 18.6 Å². The van der Waals surface area contributed by atoms with Gasteiger partial charge in [0.25, 0.3) is 0 Å². The lowest BCUT2D eigenvalue weighted by Gasteiger charge is -2.00. The zero-order valence-electron chi connectivity index (χ0n) is 14.6. The highest BCUT2D eigenvalue weighted by Crippen LogP contribution is 2.28. The Morgan fingerprint density at radius 1 is 1.22 bits per heavy atom. The number of carbonyl (C=O) groups excluding carboxylic acids is 1.